The summed E-state index contributed by atoms with van der Waals surface area (Å²) in [5.41, 5.74) is 1.03. The number of hydrogen-bond donors (Lipinski definition) is 2. The topological polar surface area (TPSA) is 93.3 Å². The fourth-order valence-electron chi connectivity index (χ4n) is 3.59. The lowest BCUT2D eigenvalue weighted by molar-refractivity contribution is -0.122. The molecule has 0 unspecified atom stereocenters. The Bertz CT molecular complexity index is 1060. The number of aromatic nitrogens is 4. The molecule has 1 saturated heterocycles. The molecular weight excluding hydrogens is 364 g/mol. The quantitative estimate of drug-likeness (QED) is 0.705. The molecule has 27 heavy (non-hydrogen) atoms. The molecule has 1 amide bonds. The highest BCUT2D eigenvalue weighted by atomic mass is 32.1. The van der Waals surface area contributed by atoms with Crippen molar-refractivity contribution in [3.05, 3.63) is 27.3 Å². The molecule has 0 bridgehead atoms. The molecule has 1 fully saturated rings. The second-order valence-corrected chi connectivity index (χ2v) is 8.61. The van der Waals surface area contributed by atoms with E-state index in [4.69, 9.17) is 0 Å². The van der Waals surface area contributed by atoms with E-state index < -0.39 is 0 Å². The van der Waals surface area contributed by atoms with Crippen LogP contribution >= 0.6 is 11.3 Å². The molecular formula is C18H24N6O2S. The van der Waals surface area contributed by atoms with Crippen LogP contribution in [-0.2, 0) is 11.3 Å². The maximum Gasteiger partial charge on any atom is 0.291 e. The van der Waals surface area contributed by atoms with Gasteiger partial charge in [-0.25, -0.2) is 9.67 Å². The van der Waals surface area contributed by atoms with E-state index in [-0.39, 0.29) is 30.0 Å². The third kappa shape index (κ3) is 3.37. The SMILES string of the molecule is Cc1nc2c(cc3c(=O)n(CC(=O)N[C@@H]4CCCNC4)nc(C(C)C)n32)s1. The Morgan fingerprint density at radius 1 is 1.48 bits per heavy atom. The molecule has 3 aromatic rings. The van der Waals surface area contributed by atoms with Gasteiger partial charge in [-0.1, -0.05) is 13.8 Å². The number of aryl methyl sites for hydroxylation is 1. The number of amides is 1. The molecule has 144 valence electrons. The number of hydrogen-bond acceptors (Lipinski definition) is 6. The summed E-state index contributed by atoms with van der Waals surface area (Å²) in [5, 5.41) is 11.7. The molecule has 1 aliphatic rings. The first-order valence-electron chi connectivity index (χ1n) is 9.33. The van der Waals surface area contributed by atoms with E-state index >= 15 is 0 Å². The molecule has 4 heterocycles. The summed E-state index contributed by atoms with van der Waals surface area (Å²) in [7, 11) is 0. The maximum atomic E-state index is 12.9. The number of rotatable bonds is 4. The zero-order valence-corrected chi connectivity index (χ0v) is 16.6. The number of fused-ring (bicyclic) bond motifs is 3. The van der Waals surface area contributed by atoms with Crippen molar-refractivity contribution in [2.24, 2.45) is 0 Å². The van der Waals surface area contributed by atoms with E-state index in [1.165, 1.54) is 4.68 Å². The minimum Gasteiger partial charge on any atom is -0.350 e. The van der Waals surface area contributed by atoms with Crippen LogP contribution in [0.4, 0.5) is 0 Å². The Kier molecular flexibility index (Phi) is 4.73. The maximum absolute atomic E-state index is 12.9. The zero-order valence-electron chi connectivity index (χ0n) is 15.8. The summed E-state index contributed by atoms with van der Waals surface area (Å²) in [6.45, 7) is 7.68. The van der Waals surface area contributed by atoms with E-state index in [0.717, 1.165) is 47.1 Å². The Morgan fingerprint density at radius 3 is 3.00 bits per heavy atom. The summed E-state index contributed by atoms with van der Waals surface area (Å²) >= 11 is 1.56. The Labute approximate surface area is 160 Å². The number of carbonyl (C=O) groups excluding carboxylic acids is 1. The van der Waals surface area contributed by atoms with Gasteiger partial charge in [0.2, 0.25) is 5.91 Å². The van der Waals surface area contributed by atoms with Crippen molar-refractivity contribution < 1.29 is 4.79 Å². The van der Waals surface area contributed by atoms with E-state index in [0.29, 0.717) is 5.52 Å². The predicted octanol–water partition coefficient (Wildman–Crippen LogP) is 1.41. The van der Waals surface area contributed by atoms with Gasteiger partial charge >= 0.3 is 0 Å². The largest absolute Gasteiger partial charge is 0.350 e. The van der Waals surface area contributed by atoms with Gasteiger partial charge in [-0.05, 0) is 32.4 Å². The molecule has 0 spiro atoms. The second kappa shape index (κ2) is 7.05. The average molecular weight is 388 g/mol. The van der Waals surface area contributed by atoms with E-state index in [2.05, 4.69) is 20.7 Å². The van der Waals surface area contributed by atoms with Gasteiger partial charge in [0, 0.05) is 18.5 Å². The lowest BCUT2D eigenvalue weighted by Gasteiger charge is -2.23. The first-order chi connectivity index (χ1) is 12.9. The number of thiazole rings is 1. The zero-order chi connectivity index (χ0) is 19.1. The van der Waals surface area contributed by atoms with Crippen molar-refractivity contribution >= 4 is 33.1 Å². The summed E-state index contributed by atoms with van der Waals surface area (Å²) in [5.74, 6) is 0.638. The summed E-state index contributed by atoms with van der Waals surface area (Å²) in [4.78, 5) is 30.0. The van der Waals surface area contributed by atoms with Gasteiger partial charge in [-0.2, -0.15) is 5.10 Å². The van der Waals surface area contributed by atoms with Crippen LogP contribution in [0.25, 0.3) is 15.9 Å². The minimum atomic E-state index is -0.265. The van der Waals surface area contributed by atoms with Gasteiger partial charge in [-0.15, -0.1) is 11.3 Å². The van der Waals surface area contributed by atoms with E-state index in [1.807, 2.05) is 31.2 Å². The van der Waals surface area contributed by atoms with Crippen LogP contribution in [0.1, 0.15) is 43.4 Å². The molecule has 8 nitrogen and oxygen atoms in total. The molecule has 1 aliphatic heterocycles. The second-order valence-electron chi connectivity index (χ2n) is 7.37. The highest BCUT2D eigenvalue weighted by Gasteiger charge is 2.21. The van der Waals surface area contributed by atoms with Crippen LogP contribution in [0.5, 0.6) is 0 Å². The molecule has 0 aromatic carbocycles. The molecule has 1 atom stereocenters. The smallest absolute Gasteiger partial charge is 0.291 e. The van der Waals surface area contributed by atoms with Crippen molar-refractivity contribution in [3.8, 4) is 0 Å². The number of carbonyl (C=O) groups is 1. The third-order valence-electron chi connectivity index (χ3n) is 4.84. The van der Waals surface area contributed by atoms with Crippen LogP contribution in [0, 0.1) is 6.92 Å². The molecule has 4 rings (SSSR count). The summed E-state index contributed by atoms with van der Waals surface area (Å²) in [6, 6.07) is 1.97. The third-order valence-corrected chi connectivity index (χ3v) is 5.75. The molecule has 0 aliphatic carbocycles. The molecule has 0 saturated carbocycles. The van der Waals surface area contributed by atoms with Gasteiger partial charge in [-0.3, -0.25) is 14.0 Å². The first kappa shape index (κ1) is 18.1. The Morgan fingerprint density at radius 2 is 2.30 bits per heavy atom. The molecule has 3 aromatic heterocycles. The van der Waals surface area contributed by atoms with Gasteiger partial charge in [0.05, 0.1) is 9.71 Å². The standard InChI is InChI=1S/C18H24N6O2S/c1-10(2)16-22-23(9-15(25)21-12-5-4-6-19-8-12)18(26)13-7-14-17(24(13)16)20-11(3)27-14/h7,10,12,19H,4-6,8-9H2,1-3H3,(H,21,25)/t12-/m1/s1. The predicted molar refractivity (Wildman–Crippen MR) is 105 cm³/mol. The van der Waals surface area contributed by atoms with Crippen molar-refractivity contribution in [3.63, 3.8) is 0 Å². The van der Waals surface area contributed by atoms with Gasteiger partial charge < -0.3 is 10.6 Å². The highest BCUT2D eigenvalue weighted by Crippen LogP contribution is 2.26. The lowest BCUT2D eigenvalue weighted by atomic mass is 10.1. The Hall–Kier alpha value is -2.26. The van der Waals surface area contributed by atoms with Crippen LogP contribution in [0.15, 0.2) is 10.9 Å². The molecule has 0 radical (unpaired) electrons. The van der Waals surface area contributed by atoms with Gasteiger partial charge in [0.25, 0.3) is 5.56 Å². The van der Waals surface area contributed by atoms with Crippen LogP contribution < -0.4 is 16.2 Å². The number of nitrogens with zero attached hydrogens (tertiary/aromatic N) is 4. The van der Waals surface area contributed by atoms with Crippen molar-refractivity contribution in [1.82, 2.24) is 29.8 Å². The number of piperidine rings is 1. The first-order valence-corrected chi connectivity index (χ1v) is 10.2. The van der Waals surface area contributed by atoms with Gasteiger partial charge in [0.15, 0.2) is 5.65 Å². The molecule has 9 heteroatoms. The van der Waals surface area contributed by atoms with Crippen molar-refractivity contribution in [1.29, 1.82) is 0 Å². The normalized spacial score (nSPS) is 17.9. The van der Waals surface area contributed by atoms with Crippen LogP contribution in [0.3, 0.4) is 0 Å². The van der Waals surface area contributed by atoms with Crippen molar-refractivity contribution in [2.45, 2.75) is 52.1 Å². The fourth-order valence-corrected chi connectivity index (χ4v) is 4.44. The van der Waals surface area contributed by atoms with Crippen molar-refractivity contribution in [2.75, 3.05) is 13.1 Å². The van der Waals surface area contributed by atoms with Crippen LogP contribution in [0.2, 0.25) is 0 Å². The average Bonchev–Trinajstić information content (AvgIpc) is 3.14. The monoisotopic (exact) mass is 388 g/mol. The van der Waals surface area contributed by atoms with E-state index in [1.54, 1.807) is 11.3 Å². The Balaban J connectivity index is 1.71. The molecule has 2 N–H and O–H groups in total. The van der Waals surface area contributed by atoms with Crippen LogP contribution in [-0.4, -0.2) is 44.2 Å². The highest BCUT2D eigenvalue weighted by molar-refractivity contribution is 7.18. The fraction of sp³-hybridized carbons (Fsp3) is 0.556. The summed E-state index contributed by atoms with van der Waals surface area (Å²) < 4.78 is 4.08. The summed E-state index contributed by atoms with van der Waals surface area (Å²) in [6.07, 6.45) is 2.00. The van der Waals surface area contributed by atoms with Gasteiger partial charge in [0.1, 0.15) is 17.9 Å². The minimum absolute atomic E-state index is 0.0726. The van der Waals surface area contributed by atoms with E-state index in [9.17, 15) is 9.59 Å². The number of nitrogens with one attached hydrogen (secondary N) is 2. The lowest BCUT2D eigenvalue weighted by Crippen LogP contribution is -2.47.